The van der Waals surface area contributed by atoms with Gasteiger partial charge in [-0.1, -0.05) is 35.6 Å². The van der Waals surface area contributed by atoms with Gasteiger partial charge in [-0.05, 0) is 56.7 Å². The van der Waals surface area contributed by atoms with Gasteiger partial charge in [-0.15, -0.1) is 11.3 Å². The molecule has 0 N–H and O–H groups in total. The van der Waals surface area contributed by atoms with E-state index < -0.39 is 12.0 Å². The molecule has 0 bridgehead atoms. The second-order valence-electron chi connectivity index (χ2n) is 10.3. The Hall–Kier alpha value is -3.76. The molecule has 1 amide bonds. The van der Waals surface area contributed by atoms with Crippen LogP contribution in [-0.2, 0) is 20.9 Å². The molecule has 0 unspecified atom stereocenters. The van der Waals surface area contributed by atoms with Gasteiger partial charge in [0.15, 0.2) is 4.80 Å². The molecule has 0 aliphatic carbocycles. The van der Waals surface area contributed by atoms with Gasteiger partial charge in [0, 0.05) is 40.1 Å². The molecule has 5 heterocycles. The number of carbonyl (C=O) groups is 2. The van der Waals surface area contributed by atoms with Crippen LogP contribution in [0.3, 0.4) is 0 Å². The number of allylic oxidation sites excluding steroid dienone is 1. The number of ether oxygens (including phenoxy) is 1. The molecule has 1 aromatic carbocycles. The molecule has 3 aromatic heterocycles. The largest absolute Gasteiger partial charge is 0.466 e. The summed E-state index contributed by atoms with van der Waals surface area (Å²) < 4.78 is 9.17. The highest BCUT2D eigenvalue weighted by Crippen LogP contribution is 2.33. The van der Waals surface area contributed by atoms with Crippen molar-refractivity contribution in [3.8, 4) is 0 Å². The number of amides is 1. The molecule has 0 radical (unpaired) electrons. The quantitative estimate of drug-likeness (QED) is 0.339. The number of thiophene rings is 1. The zero-order valence-electron chi connectivity index (χ0n) is 22.6. The van der Waals surface area contributed by atoms with E-state index in [1.807, 2.05) is 63.5 Å². The van der Waals surface area contributed by atoms with Gasteiger partial charge in [-0.25, -0.2) is 9.79 Å². The number of thiazole rings is 1. The van der Waals surface area contributed by atoms with E-state index in [1.165, 1.54) is 29.8 Å². The molecular formula is C30H30N4O4S2. The van der Waals surface area contributed by atoms with Gasteiger partial charge < -0.3 is 14.2 Å². The summed E-state index contributed by atoms with van der Waals surface area (Å²) in [5.41, 5.74) is 2.49. The maximum atomic E-state index is 13.9. The molecule has 1 saturated heterocycles. The van der Waals surface area contributed by atoms with Gasteiger partial charge in [0.1, 0.15) is 12.6 Å². The fraction of sp³-hybridized carbons (Fsp3) is 0.333. The molecule has 206 valence electrons. The van der Waals surface area contributed by atoms with Crippen LogP contribution in [0.25, 0.3) is 17.0 Å². The molecule has 4 aromatic rings. The Balaban J connectivity index is 1.45. The van der Waals surface area contributed by atoms with Gasteiger partial charge in [-0.3, -0.25) is 14.2 Å². The first-order valence-corrected chi connectivity index (χ1v) is 15.1. The summed E-state index contributed by atoms with van der Waals surface area (Å²) in [4.78, 5) is 48.0. The van der Waals surface area contributed by atoms with Gasteiger partial charge in [0.25, 0.3) is 5.56 Å². The number of aromatic nitrogens is 2. The molecule has 6 rings (SSSR count). The van der Waals surface area contributed by atoms with E-state index >= 15 is 0 Å². The number of likely N-dealkylation sites (tertiary alicyclic amines) is 1. The summed E-state index contributed by atoms with van der Waals surface area (Å²) in [7, 11) is 1.34. The molecule has 2 aliphatic rings. The average Bonchev–Trinajstić information content (AvgIpc) is 3.67. The Labute approximate surface area is 239 Å². The van der Waals surface area contributed by atoms with Crippen LogP contribution in [0.1, 0.15) is 49.6 Å². The summed E-state index contributed by atoms with van der Waals surface area (Å²) in [5.74, 6) is -0.384. The number of carbonyl (C=O) groups excluding carboxylic acids is 2. The molecule has 2 atom stereocenters. The predicted molar refractivity (Wildman–Crippen MR) is 157 cm³/mol. The lowest BCUT2D eigenvalue weighted by atomic mass is 10.0. The number of piperidine rings is 1. The van der Waals surface area contributed by atoms with E-state index in [2.05, 4.69) is 11.9 Å². The summed E-state index contributed by atoms with van der Waals surface area (Å²) in [5, 5.41) is 2.89. The number of methoxy groups -OCH3 is 1. The van der Waals surface area contributed by atoms with Gasteiger partial charge in [0.05, 0.1) is 22.9 Å². The fourth-order valence-electron chi connectivity index (χ4n) is 5.78. The number of esters is 1. The Morgan fingerprint density at radius 2 is 2.00 bits per heavy atom. The Morgan fingerprint density at radius 1 is 1.18 bits per heavy atom. The monoisotopic (exact) mass is 574 g/mol. The van der Waals surface area contributed by atoms with Crippen molar-refractivity contribution in [2.75, 3.05) is 13.7 Å². The van der Waals surface area contributed by atoms with Gasteiger partial charge in [-0.2, -0.15) is 0 Å². The van der Waals surface area contributed by atoms with Crippen molar-refractivity contribution in [1.29, 1.82) is 0 Å². The normalized spacial score (nSPS) is 19.6. The number of para-hydroxylation sites is 1. The van der Waals surface area contributed by atoms with Crippen LogP contribution in [0.4, 0.5) is 0 Å². The van der Waals surface area contributed by atoms with Crippen LogP contribution in [0.2, 0.25) is 0 Å². The predicted octanol–water partition coefficient (Wildman–Crippen LogP) is 3.83. The van der Waals surface area contributed by atoms with Gasteiger partial charge in [0.2, 0.25) is 5.91 Å². The van der Waals surface area contributed by atoms with Crippen molar-refractivity contribution in [2.45, 2.75) is 51.7 Å². The highest BCUT2D eigenvalue weighted by molar-refractivity contribution is 7.10. The van der Waals surface area contributed by atoms with Crippen LogP contribution in [0.15, 0.2) is 69.0 Å². The van der Waals surface area contributed by atoms with Crippen molar-refractivity contribution in [3.63, 3.8) is 0 Å². The minimum atomic E-state index is -0.601. The van der Waals surface area contributed by atoms with Crippen molar-refractivity contribution < 1.29 is 14.3 Å². The molecule has 10 heteroatoms. The average molecular weight is 575 g/mol. The maximum absolute atomic E-state index is 13.9. The van der Waals surface area contributed by atoms with E-state index in [0.717, 1.165) is 47.2 Å². The highest BCUT2D eigenvalue weighted by Gasteiger charge is 2.33. The highest BCUT2D eigenvalue weighted by atomic mass is 32.1. The lowest BCUT2D eigenvalue weighted by Gasteiger charge is -2.33. The summed E-state index contributed by atoms with van der Waals surface area (Å²) in [6.07, 6.45) is 7.06. The molecular weight excluding hydrogens is 544 g/mol. The van der Waals surface area contributed by atoms with Crippen LogP contribution in [-0.4, -0.2) is 45.6 Å². The zero-order valence-corrected chi connectivity index (χ0v) is 24.3. The molecule has 1 fully saturated rings. The SMILES string of the molecule is COC(=O)C1=C(C)N=c2s/c(=C\c3cn(CC(=O)N4CCCC[C@H]4C)c4ccccc34)c(=O)n2[C@@H]1c1cccs1. The first-order chi connectivity index (χ1) is 19.4. The maximum Gasteiger partial charge on any atom is 0.338 e. The van der Waals surface area contributed by atoms with E-state index in [1.54, 1.807) is 11.5 Å². The number of nitrogens with zero attached hydrogens (tertiary/aromatic N) is 4. The molecule has 8 nitrogen and oxygen atoms in total. The Morgan fingerprint density at radius 3 is 2.75 bits per heavy atom. The lowest BCUT2D eigenvalue weighted by molar-refractivity contribution is -0.137. The van der Waals surface area contributed by atoms with Crippen molar-refractivity contribution in [1.82, 2.24) is 14.0 Å². The van der Waals surface area contributed by atoms with Crippen LogP contribution >= 0.6 is 22.7 Å². The minimum absolute atomic E-state index is 0.112. The lowest BCUT2D eigenvalue weighted by Crippen LogP contribution is -2.43. The van der Waals surface area contributed by atoms with Crippen molar-refractivity contribution in [2.24, 2.45) is 4.99 Å². The second kappa shape index (κ2) is 10.7. The zero-order chi connectivity index (χ0) is 28.0. The third-order valence-electron chi connectivity index (χ3n) is 7.77. The smallest absolute Gasteiger partial charge is 0.338 e. The number of fused-ring (bicyclic) bond motifs is 2. The second-order valence-corrected chi connectivity index (χ2v) is 12.2. The standard InChI is InChI=1S/C30H30N4O4S2/c1-18-9-6-7-13-33(18)25(35)17-32-16-20(21-10-4-5-11-22(21)32)15-24-28(36)34-27(23-12-8-14-39-23)26(29(37)38-3)19(2)31-30(34)40-24/h4-5,8,10-12,14-16,18,27H,6-7,9,13,17H2,1-3H3/b24-15-/t18-,27-/m1/s1. The summed E-state index contributed by atoms with van der Waals surface area (Å²) in [6, 6.07) is 11.4. The molecule has 40 heavy (non-hydrogen) atoms. The molecule has 2 aliphatic heterocycles. The third-order valence-corrected chi connectivity index (χ3v) is 9.68. The number of hydrogen-bond acceptors (Lipinski definition) is 7. The van der Waals surface area contributed by atoms with Crippen LogP contribution < -0.4 is 14.9 Å². The molecule has 0 spiro atoms. The minimum Gasteiger partial charge on any atom is -0.466 e. The van der Waals surface area contributed by atoms with E-state index in [-0.39, 0.29) is 24.1 Å². The van der Waals surface area contributed by atoms with Crippen molar-refractivity contribution >= 4 is 51.5 Å². The van der Waals surface area contributed by atoms with Crippen LogP contribution in [0.5, 0.6) is 0 Å². The van der Waals surface area contributed by atoms with E-state index in [9.17, 15) is 14.4 Å². The topological polar surface area (TPSA) is 85.9 Å². The summed E-state index contributed by atoms with van der Waals surface area (Å²) >= 11 is 2.78. The van der Waals surface area contributed by atoms with Crippen molar-refractivity contribution in [3.05, 3.63) is 89.4 Å². The van der Waals surface area contributed by atoms with E-state index in [0.29, 0.717) is 20.6 Å². The van der Waals surface area contributed by atoms with E-state index in [4.69, 9.17) is 4.74 Å². The third kappa shape index (κ3) is 4.54. The van der Waals surface area contributed by atoms with Gasteiger partial charge >= 0.3 is 5.97 Å². The number of hydrogen-bond donors (Lipinski definition) is 0. The first-order valence-electron chi connectivity index (χ1n) is 13.4. The summed E-state index contributed by atoms with van der Waals surface area (Å²) in [6.45, 7) is 4.94. The number of rotatable bonds is 5. The molecule has 0 saturated carbocycles. The van der Waals surface area contributed by atoms with Crippen LogP contribution in [0, 0.1) is 0 Å². The Kier molecular flexibility index (Phi) is 7.06. The Bertz CT molecular complexity index is 1830. The number of benzene rings is 1. The fourth-order valence-corrected chi connectivity index (χ4v) is 7.64. The first kappa shape index (κ1) is 26.5.